The van der Waals surface area contributed by atoms with Gasteiger partial charge in [0.05, 0.1) is 6.20 Å². The van der Waals surface area contributed by atoms with Crippen LogP contribution in [0.5, 0.6) is 0 Å². The molecule has 0 aliphatic heterocycles. The summed E-state index contributed by atoms with van der Waals surface area (Å²) < 4.78 is 18.7. The Labute approximate surface area is 149 Å². The molecule has 0 fully saturated rings. The van der Waals surface area contributed by atoms with Crippen molar-refractivity contribution in [2.75, 3.05) is 14.1 Å². The van der Waals surface area contributed by atoms with E-state index in [0.29, 0.717) is 22.3 Å². The molecule has 0 aliphatic carbocycles. The van der Waals surface area contributed by atoms with Crippen LogP contribution in [0.25, 0.3) is 11.3 Å². The second-order valence-electron chi connectivity index (χ2n) is 5.68. The first-order chi connectivity index (χ1) is 12.0. The van der Waals surface area contributed by atoms with E-state index in [1.165, 1.54) is 23.9 Å². The van der Waals surface area contributed by atoms with Crippen LogP contribution in [0.2, 0.25) is 0 Å². The molecule has 0 N–H and O–H groups in total. The lowest BCUT2D eigenvalue weighted by Gasteiger charge is -2.10. The molecule has 0 unspecified atom stereocenters. The van der Waals surface area contributed by atoms with E-state index < -0.39 is 0 Å². The average Bonchev–Trinajstić information content (AvgIpc) is 3.09. The monoisotopic (exact) mass is 356 g/mol. The van der Waals surface area contributed by atoms with Crippen molar-refractivity contribution in [3.05, 3.63) is 71.7 Å². The van der Waals surface area contributed by atoms with E-state index in [2.05, 4.69) is 4.98 Å². The molecule has 0 spiro atoms. The standard InChI is InChI=1S/C19H17FN2O2S/c1-22(2)18(23)15-5-3-13(4-6-15)12-25-19-21-11-17(24-19)14-7-9-16(20)10-8-14/h3-11H,12H2,1-2H3. The number of halogens is 1. The third-order valence-electron chi connectivity index (χ3n) is 3.58. The van der Waals surface area contributed by atoms with E-state index in [-0.39, 0.29) is 11.7 Å². The van der Waals surface area contributed by atoms with E-state index in [4.69, 9.17) is 4.42 Å². The first-order valence-corrected chi connectivity index (χ1v) is 8.66. The highest BCUT2D eigenvalue weighted by atomic mass is 32.2. The van der Waals surface area contributed by atoms with Gasteiger partial charge < -0.3 is 9.32 Å². The van der Waals surface area contributed by atoms with Crippen LogP contribution in [-0.2, 0) is 5.75 Å². The van der Waals surface area contributed by atoms with Gasteiger partial charge in [-0.1, -0.05) is 23.9 Å². The van der Waals surface area contributed by atoms with Crippen molar-refractivity contribution in [2.45, 2.75) is 11.0 Å². The predicted octanol–water partition coefficient (Wildman–Crippen LogP) is 4.47. The van der Waals surface area contributed by atoms with Gasteiger partial charge in [-0.3, -0.25) is 4.79 Å². The van der Waals surface area contributed by atoms with Crippen LogP contribution in [0.1, 0.15) is 15.9 Å². The van der Waals surface area contributed by atoms with Gasteiger partial charge >= 0.3 is 0 Å². The third kappa shape index (κ3) is 4.28. The molecule has 3 aromatic rings. The normalized spacial score (nSPS) is 10.7. The van der Waals surface area contributed by atoms with Crippen molar-refractivity contribution in [1.82, 2.24) is 9.88 Å². The minimum atomic E-state index is -0.283. The van der Waals surface area contributed by atoms with Crippen molar-refractivity contribution in [3.8, 4) is 11.3 Å². The summed E-state index contributed by atoms with van der Waals surface area (Å²) in [7, 11) is 3.46. The summed E-state index contributed by atoms with van der Waals surface area (Å²) in [5.41, 5.74) is 2.52. The number of hydrogen-bond acceptors (Lipinski definition) is 4. The summed E-state index contributed by atoms with van der Waals surface area (Å²) in [6.45, 7) is 0. The van der Waals surface area contributed by atoms with Crippen LogP contribution in [0.15, 0.2) is 64.4 Å². The Hall–Kier alpha value is -2.60. The fourth-order valence-corrected chi connectivity index (χ4v) is 2.98. The predicted molar refractivity (Wildman–Crippen MR) is 95.9 cm³/mol. The number of nitrogens with zero attached hydrogens (tertiary/aromatic N) is 2. The van der Waals surface area contributed by atoms with Crippen molar-refractivity contribution in [2.24, 2.45) is 0 Å². The van der Waals surface area contributed by atoms with Crippen LogP contribution in [0.4, 0.5) is 4.39 Å². The van der Waals surface area contributed by atoms with Crippen LogP contribution >= 0.6 is 11.8 Å². The van der Waals surface area contributed by atoms with E-state index in [1.807, 2.05) is 24.3 Å². The molecule has 6 heteroatoms. The molecular formula is C19H17FN2O2S. The molecule has 0 saturated heterocycles. The van der Waals surface area contributed by atoms with Gasteiger partial charge in [-0.25, -0.2) is 9.37 Å². The Bertz CT molecular complexity index is 858. The highest BCUT2D eigenvalue weighted by molar-refractivity contribution is 7.98. The molecule has 4 nitrogen and oxygen atoms in total. The van der Waals surface area contributed by atoms with E-state index >= 15 is 0 Å². The zero-order valence-electron chi connectivity index (χ0n) is 13.9. The molecule has 1 heterocycles. The van der Waals surface area contributed by atoms with Gasteiger partial charge in [0.1, 0.15) is 5.82 Å². The molecule has 0 bridgehead atoms. The number of carbonyl (C=O) groups is 1. The largest absolute Gasteiger partial charge is 0.431 e. The molecule has 25 heavy (non-hydrogen) atoms. The van der Waals surface area contributed by atoms with Crippen molar-refractivity contribution in [1.29, 1.82) is 0 Å². The Morgan fingerprint density at radius 3 is 2.44 bits per heavy atom. The lowest BCUT2D eigenvalue weighted by Crippen LogP contribution is -2.21. The zero-order chi connectivity index (χ0) is 17.8. The van der Waals surface area contributed by atoms with Gasteiger partial charge in [-0.15, -0.1) is 0 Å². The number of carbonyl (C=O) groups excluding carboxylic acids is 1. The summed E-state index contributed by atoms with van der Waals surface area (Å²) in [6.07, 6.45) is 1.63. The van der Waals surface area contributed by atoms with Gasteiger partial charge in [0.25, 0.3) is 11.1 Å². The van der Waals surface area contributed by atoms with Gasteiger partial charge in [0, 0.05) is 31.0 Å². The number of rotatable bonds is 5. The van der Waals surface area contributed by atoms with Crippen molar-refractivity contribution >= 4 is 17.7 Å². The molecule has 0 saturated carbocycles. The van der Waals surface area contributed by atoms with E-state index in [1.54, 1.807) is 37.3 Å². The molecule has 1 amide bonds. The van der Waals surface area contributed by atoms with Crippen LogP contribution in [0, 0.1) is 5.82 Å². The Kier molecular flexibility index (Phi) is 5.19. The topological polar surface area (TPSA) is 46.3 Å². The number of aromatic nitrogens is 1. The number of thioether (sulfide) groups is 1. The highest BCUT2D eigenvalue weighted by Gasteiger charge is 2.09. The summed E-state index contributed by atoms with van der Waals surface area (Å²) in [5.74, 6) is 0.985. The maximum Gasteiger partial charge on any atom is 0.256 e. The highest BCUT2D eigenvalue weighted by Crippen LogP contribution is 2.27. The van der Waals surface area contributed by atoms with Crippen molar-refractivity contribution in [3.63, 3.8) is 0 Å². The molecule has 0 aliphatic rings. The zero-order valence-corrected chi connectivity index (χ0v) is 14.7. The maximum absolute atomic E-state index is 13.0. The summed E-state index contributed by atoms with van der Waals surface area (Å²) in [6, 6.07) is 13.6. The number of amides is 1. The summed E-state index contributed by atoms with van der Waals surface area (Å²) >= 11 is 1.47. The smallest absolute Gasteiger partial charge is 0.256 e. The number of hydrogen-bond donors (Lipinski definition) is 0. The Balaban J connectivity index is 1.62. The lowest BCUT2D eigenvalue weighted by atomic mass is 10.1. The summed E-state index contributed by atoms with van der Waals surface area (Å²) in [4.78, 5) is 17.7. The molecule has 0 atom stereocenters. The first-order valence-electron chi connectivity index (χ1n) is 7.68. The Morgan fingerprint density at radius 1 is 1.12 bits per heavy atom. The minimum Gasteiger partial charge on any atom is -0.431 e. The second-order valence-corrected chi connectivity index (χ2v) is 6.61. The average molecular weight is 356 g/mol. The van der Waals surface area contributed by atoms with Crippen LogP contribution < -0.4 is 0 Å². The quantitative estimate of drug-likeness (QED) is 0.633. The lowest BCUT2D eigenvalue weighted by molar-refractivity contribution is 0.0827. The molecule has 128 valence electrons. The second kappa shape index (κ2) is 7.53. The Morgan fingerprint density at radius 2 is 1.80 bits per heavy atom. The minimum absolute atomic E-state index is 0.0177. The van der Waals surface area contributed by atoms with Gasteiger partial charge in [0.15, 0.2) is 5.76 Å². The van der Waals surface area contributed by atoms with E-state index in [9.17, 15) is 9.18 Å². The van der Waals surface area contributed by atoms with Crippen molar-refractivity contribution < 1.29 is 13.6 Å². The number of oxazole rings is 1. The molecule has 1 aromatic heterocycles. The maximum atomic E-state index is 13.0. The molecule has 2 aromatic carbocycles. The van der Waals surface area contributed by atoms with Gasteiger partial charge in [-0.2, -0.15) is 0 Å². The SMILES string of the molecule is CN(C)C(=O)c1ccc(CSc2ncc(-c3ccc(F)cc3)o2)cc1. The van der Waals surface area contributed by atoms with Gasteiger partial charge in [-0.05, 0) is 42.0 Å². The summed E-state index contributed by atoms with van der Waals surface area (Å²) in [5, 5.41) is 0.549. The molecule has 0 radical (unpaired) electrons. The van der Waals surface area contributed by atoms with Gasteiger partial charge in [0.2, 0.25) is 0 Å². The first kappa shape index (κ1) is 17.2. The van der Waals surface area contributed by atoms with Crippen LogP contribution in [-0.4, -0.2) is 29.9 Å². The van der Waals surface area contributed by atoms with Crippen LogP contribution in [0.3, 0.4) is 0 Å². The third-order valence-corrected chi connectivity index (χ3v) is 4.50. The fourth-order valence-electron chi connectivity index (χ4n) is 2.22. The molecule has 3 rings (SSSR count). The number of benzene rings is 2. The molecular weight excluding hydrogens is 339 g/mol. The fraction of sp³-hybridized carbons (Fsp3) is 0.158. The van der Waals surface area contributed by atoms with E-state index in [0.717, 1.165) is 11.1 Å².